The number of hydrogen-bond acceptors (Lipinski definition) is 4. The van der Waals surface area contributed by atoms with Crippen molar-refractivity contribution in [3.63, 3.8) is 0 Å². The maximum absolute atomic E-state index is 12.2. The lowest BCUT2D eigenvalue weighted by molar-refractivity contribution is -0.117. The monoisotopic (exact) mass is 486 g/mol. The van der Waals surface area contributed by atoms with Crippen LogP contribution in [-0.2, 0) is 11.3 Å². The van der Waals surface area contributed by atoms with Crippen LogP contribution in [0.4, 0.5) is 11.4 Å². The Bertz CT molecular complexity index is 805. The molecule has 2 aliphatic rings. The molecule has 172 valence electrons. The van der Waals surface area contributed by atoms with Crippen LogP contribution < -0.4 is 15.5 Å². The van der Waals surface area contributed by atoms with E-state index in [1.807, 2.05) is 12.1 Å². The second-order valence-electron chi connectivity index (χ2n) is 7.94. The fourth-order valence-corrected chi connectivity index (χ4v) is 4.08. The smallest absolute Gasteiger partial charge is 0.241 e. The van der Waals surface area contributed by atoms with Gasteiger partial charge < -0.3 is 15.5 Å². The highest BCUT2D eigenvalue weighted by atomic mass is 35.5. The van der Waals surface area contributed by atoms with Gasteiger partial charge in [0, 0.05) is 44.1 Å². The number of nitrogens with zero attached hydrogens (tertiary/aromatic N) is 2. The van der Waals surface area contributed by atoms with E-state index in [1.54, 1.807) is 0 Å². The van der Waals surface area contributed by atoms with Crippen molar-refractivity contribution >= 4 is 54.5 Å². The van der Waals surface area contributed by atoms with E-state index in [-0.39, 0.29) is 49.2 Å². The second-order valence-corrected chi connectivity index (χ2v) is 7.94. The van der Waals surface area contributed by atoms with Crippen molar-refractivity contribution in [2.45, 2.75) is 32.4 Å². The van der Waals surface area contributed by atoms with E-state index in [0.29, 0.717) is 0 Å². The Balaban J connectivity index is 0.00000160. The summed E-state index contributed by atoms with van der Waals surface area (Å²) in [4.78, 5) is 17.2. The van der Waals surface area contributed by atoms with Gasteiger partial charge in [-0.25, -0.2) is 0 Å². The number of piperazine rings is 1. The van der Waals surface area contributed by atoms with Gasteiger partial charge in [-0.1, -0.05) is 24.3 Å². The first-order chi connectivity index (χ1) is 13.7. The minimum absolute atomic E-state index is 0. The van der Waals surface area contributed by atoms with Gasteiger partial charge in [0.05, 0.1) is 6.04 Å². The molecule has 0 spiro atoms. The number of hydrogen-bond donors (Lipinski definition) is 2. The molecule has 0 radical (unpaired) electrons. The van der Waals surface area contributed by atoms with Crippen LogP contribution in [0.15, 0.2) is 48.5 Å². The standard InChI is InChI=1S/C23H30N4O.3ClH/c1-18-4-2-5-21(16-18)27-14-12-26(13-15-27)17-19-7-9-20(10-8-19)25-23(28)22-6-3-11-24-22;;;/h2,4-5,7-10,16,22,24H,3,6,11-15,17H2,1H3,(H,25,28);3*1H. The number of amides is 1. The molecule has 31 heavy (non-hydrogen) atoms. The first kappa shape index (κ1) is 27.5. The van der Waals surface area contributed by atoms with Gasteiger partial charge in [0.25, 0.3) is 0 Å². The van der Waals surface area contributed by atoms with Crippen molar-refractivity contribution in [1.29, 1.82) is 0 Å². The Morgan fingerprint density at radius 2 is 1.74 bits per heavy atom. The van der Waals surface area contributed by atoms with Gasteiger partial charge in [0.1, 0.15) is 0 Å². The van der Waals surface area contributed by atoms with E-state index >= 15 is 0 Å². The predicted molar refractivity (Wildman–Crippen MR) is 137 cm³/mol. The summed E-state index contributed by atoms with van der Waals surface area (Å²) >= 11 is 0. The summed E-state index contributed by atoms with van der Waals surface area (Å²) in [6.45, 7) is 8.31. The number of carbonyl (C=O) groups excluding carboxylic acids is 1. The van der Waals surface area contributed by atoms with E-state index in [1.165, 1.54) is 16.8 Å². The molecule has 2 saturated heterocycles. The minimum Gasteiger partial charge on any atom is -0.369 e. The average molecular weight is 488 g/mol. The molecule has 0 aromatic heterocycles. The van der Waals surface area contributed by atoms with Gasteiger partial charge in [0.15, 0.2) is 0 Å². The lowest BCUT2D eigenvalue weighted by Gasteiger charge is -2.36. The highest BCUT2D eigenvalue weighted by Gasteiger charge is 2.22. The number of anilines is 2. The highest BCUT2D eigenvalue weighted by molar-refractivity contribution is 5.95. The number of rotatable bonds is 5. The van der Waals surface area contributed by atoms with Crippen LogP contribution in [0.25, 0.3) is 0 Å². The van der Waals surface area contributed by atoms with Gasteiger partial charge in [-0.15, -0.1) is 37.2 Å². The summed E-state index contributed by atoms with van der Waals surface area (Å²) in [5.41, 5.74) is 4.82. The fourth-order valence-electron chi connectivity index (χ4n) is 4.08. The lowest BCUT2D eigenvalue weighted by atomic mass is 10.1. The van der Waals surface area contributed by atoms with Crippen LogP contribution in [0, 0.1) is 6.92 Å². The Kier molecular flexibility index (Phi) is 11.7. The Hall–Kier alpha value is -1.50. The largest absolute Gasteiger partial charge is 0.369 e. The van der Waals surface area contributed by atoms with Crippen molar-refractivity contribution in [2.24, 2.45) is 0 Å². The SMILES string of the molecule is Cc1cccc(N2CCN(Cc3ccc(NC(=O)C4CCCN4)cc3)CC2)c1.Cl.Cl.Cl. The summed E-state index contributed by atoms with van der Waals surface area (Å²) in [7, 11) is 0. The molecule has 0 bridgehead atoms. The molecule has 8 heteroatoms. The van der Waals surface area contributed by atoms with Gasteiger partial charge in [-0.2, -0.15) is 0 Å². The zero-order valence-corrected chi connectivity index (χ0v) is 20.3. The Labute approximate surface area is 204 Å². The highest BCUT2D eigenvalue weighted by Crippen LogP contribution is 2.19. The topological polar surface area (TPSA) is 47.6 Å². The molecule has 2 aromatic rings. The van der Waals surface area contributed by atoms with Crippen LogP contribution in [0.2, 0.25) is 0 Å². The summed E-state index contributed by atoms with van der Waals surface area (Å²) in [6.07, 6.45) is 2.01. The molecule has 1 unspecified atom stereocenters. The number of nitrogens with one attached hydrogen (secondary N) is 2. The molecule has 2 fully saturated rings. The third-order valence-corrected chi connectivity index (χ3v) is 5.74. The van der Waals surface area contributed by atoms with Crippen LogP contribution in [0.3, 0.4) is 0 Å². The van der Waals surface area contributed by atoms with Crippen molar-refractivity contribution in [1.82, 2.24) is 10.2 Å². The summed E-state index contributed by atoms with van der Waals surface area (Å²) < 4.78 is 0. The molecule has 4 rings (SSSR count). The maximum Gasteiger partial charge on any atom is 0.241 e. The quantitative estimate of drug-likeness (QED) is 0.661. The summed E-state index contributed by atoms with van der Waals surface area (Å²) in [5.74, 6) is 0.0810. The number of halogens is 3. The van der Waals surface area contributed by atoms with Crippen LogP contribution in [-0.4, -0.2) is 49.6 Å². The van der Waals surface area contributed by atoms with E-state index < -0.39 is 0 Å². The predicted octanol–water partition coefficient (Wildman–Crippen LogP) is 4.27. The third-order valence-electron chi connectivity index (χ3n) is 5.74. The molecule has 1 amide bonds. The molecule has 2 heterocycles. The van der Waals surface area contributed by atoms with Crippen molar-refractivity contribution in [2.75, 3.05) is 42.9 Å². The van der Waals surface area contributed by atoms with Gasteiger partial charge in [0.2, 0.25) is 5.91 Å². The molecular formula is C23H33Cl3N4O. The van der Waals surface area contributed by atoms with Gasteiger partial charge in [-0.3, -0.25) is 9.69 Å². The van der Waals surface area contributed by atoms with Crippen LogP contribution in [0.1, 0.15) is 24.0 Å². The third kappa shape index (κ3) is 7.55. The van der Waals surface area contributed by atoms with E-state index in [9.17, 15) is 4.79 Å². The van der Waals surface area contributed by atoms with Crippen LogP contribution in [0.5, 0.6) is 0 Å². The zero-order chi connectivity index (χ0) is 19.3. The zero-order valence-electron chi connectivity index (χ0n) is 17.9. The summed E-state index contributed by atoms with van der Waals surface area (Å²) in [5, 5.41) is 6.26. The lowest BCUT2D eigenvalue weighted by Crippen LogP contribution is -2.45. The molecule has 5 nitrogen and oxygen atoms in total. The van der Waals surface area contributed by atoms with Crippen molar-refractivity contribution in [3.05, 3.63) is 59.7 Å². The number of carbonyl (C=O) groups is 1. The molecule has 2 aromatic carbocycles. The Morgan fingerprint density at radius 1 is 1.03 bits per heavy atom. The molecule has 0 aliphatic carbocycles. The van der Waals surface area contributed by atoms with Gasteiger partial charge >= 0.3 is 0 Å². The van der Waals surface area contributed by atoms with E-state index in [2.05, 4.69) is 63.8 Å². The molecule has 1 atom stereocenters. The van der Waals surface area contributed by atoms with Crippen molar-refractivity contribution < 1.29 is 4.79 Å². The van der Waals surface area contributed by atoms with E-state index in [4.69, 9.17) is 0 Å². The Morgan fingerprint density at radius 3 is 2.35 bits per heavy atom. The summed E-state index contributed by atoms with van der Waals surface area (Å²) in [6, 6.07) is 17.0. The molecule has 2 N–H and O–H groups in total. The fraction of sp³-hybridized carbons (Fsp3) is 0.435. The average Bonchev–Trinajstić information content (AvgIpc) is 3.25. The molecule has 0 saturated carbocycles. The maximum atomic E-state index is 12.2. The van der Waals surface area contributed by atoms with Crippen molar-refractivity contribution in [3.8, 4) is 0 Å². The van der Waals surface area contributed by atoms with Crippen LogP contribution >= 0.6 is 37.2 Å². The first-order valence-corrected chi connectivity index (χ1v) is 10.3. The first-order valence-electron chi connectivity index (χ1n) is 10.3. The normalized spacial score (nSPS) is 18.4. The molecular weight excluding hydrogens is 455 g/mol. The second kappa shape index (κ2) is 13.1. The number of benzene rings is 2. The number of aryl methyl sites for hydroxylation is 1. The van der Waals surface area contributed by atoms with Gasteiger partial charge in [-0.05, 0) is 61.7 Å². The molecule has 2 aliphatic heterocycles. The minimum atomic E-state index is -0.0376. The van der Waals surface area contributed by atoms with E-state index in [0.717, 1.165) is 57.8 Å².